The van der Waals surface area contributed by atoms with Crippen LogP contribution in [0, 0.1) is 37.5 Å². The zero-order valence-electron chi connectivity index (χ0n) is 14.5. The predicted molar refractivity (Wildman–Crippen MR) is 87.9 cm³/mol. The smallest absolute Gasteiger partial charge is 0.222 e. The van der Waals surface area contributed by atoms with Crippen molar-refractivity contribution in [2.45, 2.75) is 64.8 Å². The lowest BCUT2D eigenvalue weighted by Crippen LogP contribution is -2.56. The summed E-state index contributed by atoms with van der Waals surface area (Å²) in [6.45, 7) is 3.89. The average Bonchev–Trinajstić information content (AvgIpc) is 2.82. The average molecular weight is 316 g/mol. The number of amides is 1. The minimum Gasteiger partial charge on any atom is -0.361 e. The van der Waals surface area contributed by atoms with Gasteiger partial charge in [0.2, 0.25) is 5.91 Å². The van der Waals surface area contributed by atoms with E-state index >= 15 is 0 Å². The van der Waals surface area contributed by atoms with Gasteiger partial charge in [0.1, 0.15) is 5.76 Å². The Morgan fingerprint density at radius 3 is 2.26 bits per heavy atom. The third-order valence-corrected chi connectivity index (χ3v) is 6.79. The van der Waals surface area contributed by atoms with E-state index in [1.807, 2.05) is 20.9 Å². The number of nitrogens with zero attached hydrogens (tertiary/aromatic N) is 2. The summed E-state index contributed by atoms with van der Waals surface area (Å²) in [5, 5.41) is 3.99. The Labute approximate surface area is 138 Å². The van der Waals surface area contributed by atoms with Crippen molar-refractivity contribution in [2.24, 2.45) is 23.7 Å². The molecule has 1 aromatic rings. The second-order valence-electron chi connectivity index (χ2n) is 8.23. The van der Waals surface area contributed by atoms with Gasteiger partial charge in [0.15, 0.2) is 0 Å². The van der Waals surface area contributed by atoms with E-state index in [4.69, 9.17) is 4.52 Å². The Balaban J connectivity index is 1.41. The second-order valence-corrected chi connectivity index (χ2v) is 8.23. The van der Waals surface area contributed by atoms with E-state index in [1.165, 1.54) is 32.1 Å². The summed E-state index contributed by atoms with van der Waals surface area (Å²) in [5.41, 5.74) is 2.03. The maximum Gasteiger partial charge on any atom is 0.222 e. The molecule has 126 valence electrons. The van der Waals surface area contributed by atoms with Gasteiger partial charge in [0, 0.05) is 25.1 Å². The monoisotopic (exact) mass is 316 g/mol. The van der Waals surface area contributed by atoms with Crippen molar-refractivity contribution in [3.05, 3.63) is 17.0 Å². The number of aromatic nitrogens is 1. The van der Waals surface area contributed by atoms with Crippen LogP contribution in [0.25, 0.3) is 0 Å². The summed E-state index contributed by atoms with van der Waals surface area (Å²) in [4.78, 5) is 14.9. The fourth-order valence-corrected chi connectivity index (χ4v) is 5.96. The van der Waals surface area contributed by atoms with Gasteiger partial charge in [-0.2, -0.15) is 0 Å². The van der Waals surface area contributed by atoms with Gasteiger partial charge in [-0.3, -0.25) is 4.79 Å². The van der Waals surface area contributed by atoms with Crippen LogP contribution in [0.5, 0.6) is 0 Å². The maximum absolute atomic E-state index is 12.8. The number of carbonyl (C=O) groups is 1. The van der Waals surface area contributed by atoms with Crippen molar-refractivity contribution in [3.8, 4) is 0 Å². The molecule has 23 heavy (non-hydrogen) atoms. The van der Waals surface area contributed by atoms with Gasteiger partial charge in [0.25, 0.3) is 0 Å². The molecule has 0 unspecified atom stereocenters. The molecule has 1 aromatic heterocycles. The fraction of sp³-hybridized carbons (Fsp3) is 0.789. The first-order valence-corrected chi connectivity index (χ1v) is 9.20. The molecule has 0 radical (unpaired) electrons. The van der Waals surface area contributed by atoms with E-state index in [-0.39, 0.29) is 0 Å². The van der Waals surface area contributed by atoms with Gasteiger partial charge in [-0.25, -0.2) is 0 Å². The minimum atomic E-state index is 0.294. The number of hydrogen-bond acceptors (Lipinski definition) is 3. The normalized spacial score (nSPS) is 34.8. The van der Waals surface area contributed by atoms with E-state index in [1.54, 1.807) is 0 Å². The topological polar surface area (TPSA) is 46.3 Å². The first kappa shape index (κ1) is 15.2. The van der Waals surface area contributed by atoms with Gasteiger partial charge in [-0.15, -0.1) is 0 Å². The van der Waals surface area contributed by atoms with E-state index in [2.05, 4.69) is 10.1 Å². The highest BCUT2D eigenvalue weighted by Crippen LogP contribution is 2.55. The summed E-state index contributed by atoms with van der Waals surface area (Å²) in [7, 11) is 2.04. The van der Waals surface area contributed by atoms with Crippen molar-refractivity contribution in [1.82, 2.24) is 10.1 Å². The Bertz CT molecular complexity index is 559. The molecule has 4 aliphatic carbocycles. The molecule has 4 bridgehead atoms. The van der Waals surface area contributed by atoms with Crippen molar-refractivity contribution in [1.29, 1.82) is 0 Å². The molecule has 0 spiro atoms. The molecule has 0 N–H and O–H groups in total. The van der Waals surface area contributed by atoms with Crippen LogP contribution < -0.4 is 0 Å². The van der Waals surface area contributed by atoms with E-state index in [0.717, 1.165) is 47.1 Å². The molecule has 1 heterocycles. The lowest BCUT2D eigenvalue weighted by molar-refractivity contribution is -0.141. The Morgan fingerprint density at radius 2 is 1.74 bits per heavy atom. The third kappa shape index (κ3) is 2.60. The number of carbonyl (C=O) groups excluding carboxylic acids is 1. The minimum absolute atomic E-state index is 0.294. The summed E-state index contributed by atoms with van der Waals surface area (Å²) in [6, 6.07) is 0.500. The SMILES string of the molecule is Cc1noc(C)c1CCC(=O)N(C)C1C2CC3CC(C2)CC1C3. The molecule has 0 aliphatic heterocycles. The highest BCUT2D eigenvalue weighted by molar-refractivity contribution is 5.76. The fourth-order valence-electron chi connectivity index (χ4n) is 5.96. The molecule has 4 fully saturated rings. The first-order chi connectivity index (χ1) is 11.0. The van der Waals surface area contributed by atoms with E-state index in [0.29, 0.717) is 18.4 Å². The lowest BCUT2D eigenvalue weighted by Gasteiger charge is -2.56. The van der Waals surface area contributed by atoms with Gasteiger partial charge >= 0.3 is 0 Å². The van der Waals surface area contributed by atoms with Crippen molar-refractivity contribution in [3.63, 3.8) is 0 Å². The molecule has 1 amide bonds. The van der Waals surface area contributed by atoms with Crippen molar-refractivity contribution < 1.29 is 9.32 Å². The highest BCUT2D eigenvalue weighted by atomic mass is 16.5. The zero-order valence-corrected chi connectivity index (χ0v) is 14.5. The van der Waals surface area contributed by atoms with Gasteiger partial charge < -0.3 is 9.42 Å². The summed E-state index contributed by atoms with van der Waals surface area (Å²) >= 11 is 0. The molecular weight excluding hydrogens is 288 g/mol. The first-order valence-electron chi connectivity index (χ1n) is 9.20. The molecule has 4 heteroatoms. The van der Waals surface area contributed by atoms with Gasteiger partial charge in [-0.05, 0) is 76.0 Å². The molecule has 0 aromatic carbocycles. The summed E-state index contributed by atoms with van der Waals surface area (Å²) in [5.74, 6) is 4.59. The second kappa shape index (κ2) is 5.64. The largest absolute Gasteiger partial charge is 0.361 e. The van der Waals surface area contributed by atoms with Crippen LogP contribution >= 0.6 is 0 Å². The highest BCUT2D eigenvalue weighted by Gasteiger charge is 2.50. The molecule has 5 rings (SSSR count). The maximum atomic E-state index is 12.8. The lowest BCUT2D eigenvalue weighted by atomic mass is 9.54. The van der Waals surface area contributed by atoms with Crippen molar-refractivity contribution in [2.75, 3.05) is 7.05 Å². The number of aryl methyl sites for hydroxylation is 2. The summed E-state index contributed by atoms with van der Waals surface area (Å²) < 4.78 is 5.21. The van der Waals surface area contributed by atoms with Crippen LogP contribution in [0.15, 0.2) is 4.52 Å². The summed E-state index contributed by atoms with van der Waals surface area (Å²) in [6.07, 6.45) is 8.22. The number of rotatable bonds is 4. The Morgan fingerprint density at radius 1 is 1.13 bits per heavy atom. The molecule has 0 saturated heterocycles. The molecule has 4 nitrogen and oxygen atoms in total. The van der Waals surface area contributed by atoms with Crippen LogP contribution in [0.2, 0.25) is 0 Å². The third-order valence-electron chi connectivity index (χ3n) is 6.79. The standard InChI is InChI=1S/C19H28N2O2/c1-11-17(12(2)23-20-11)4-5-18(22)21(3)19-15-7-13-6-14(9-15)10-16(19)8-13/h13-16,19H,4-10H2,1-3H3. The Hall–Kier alpha value is -1.32. The van der Waals surface area contributed by atoms with E-state index < -0.39 is 0 Å². The van der Waals surface area contributed by atoms with Crippen LogP contribution in [-0.2, 0) is 11.2 Å². The molecular formula is C19H28N2O2. The van der Waals surface area contributed by atoms with Crippen LogP contribution in [0.1, 0.15) is 55.5 Å². The van der Waals surface area contributed by atoms with Crippen LogP contribution in [-0.4, -0.2) is 29.1 Å². The molecule has 4 saturated carbocycles. The number of hydrogen-bond donors (Lipinski definition) is 0. The predicted octanol–water partition coefficient (Wildman–Crippen LogP) is 3.51. The van der Waals surface area contributed by atoms with Crippen LogP contribution in [0.4, 0.5) is 0 Å². The molecule has 0 atom stereocenters. The zero-order chi connectivity index (χ0) is 16.1. The Kier molecular flexibility index (Phi) is 3.73. The van der Waals surface area contributed by atoms with Gasteiger partial charge in [0.05, 0.1) is 5.69 Å². The van der Waals surface area contributed by atoms with Crippen molar-refractivity contribution >= 4 is 5.91 Å². The quantitative estimate of drug-likeness (QED) is 0.854. The van der Waals surface area contributed by atoms with Crippen LogP contribution in [0.3, 0.4) is 0 Å². The van der Waals surface area contributed by atoms with Gasteiger partial charge in [-0.1, -0.05) is 5.16 Å². The molecule has 4 aliphatic rings. The van der Waals surface area contributed by atoms with E-state index in [9.17, 15) is 4.79 Å².